The maximum Gasteiger partial charge on any atom is 0.307 e. The molecule has 6 nitrogen and oxygen atoms in total. The minimum atomic E-state index is -2.89. The first-order valence-electron chi connectivity index (χ1n) is 3.88. The van der Waals surface area contributed by atoms with E-state index < -0.39 is 27.6 Å². The summed E-state index contributed by atoms with van der Waals surface area (Å²) in [6.45, 7) is 0. The zero-order valence-corrected chi connectivity index (χ0v) is 8.54. The van der Waals surface area contributed by atoms with Crippen molar-refractivity contribution in [3.8, 4) is 0 Å². The zero-order chi connectivity index (χ0) is 11.4. The van der Waals surface area contributed by atoms with Crippen LogP contribution in [0, 0.1) is 10.7 Å². The molecule has 0 amide bonds. The van der Waals surface area contributed by atoms with Crippen LogP contribution in [0.2, 0.25) is 0 Å². The minimum absolute atomic E-state index is 0.0889. The molecule has 0 aromatic carbocycles. The lowest BCUT2D eigenvalue weighted by molar-refractivity contribution is -0.142. The molecule has 0 aliphatic rings. The largest absolute Gasteiger partial charge is 0.481 e. The van der Waals surface area contributed by atoms with Crippen molar-refractivity contribution in [3.05, 3.63) is 0 Å². The molecule has 14 heavy (non-hydrogen) atoms. The second-order valence-corrected chi connectivity index (χ2v) is 5.48. The van der Waals surface area contributed by atoms with Gasteiger partial charge in [0, 0.05) is 28.2 Å². The van der Waals surface area contributed by atoms with E-state index in [2.05, 4.69) is 0 Å². The van der Waals surface area contributed by atoms with Crippen LogP contribution >= 0.6 is 0 Å². The van der Waals surface area contributed by atoms with Gasteiger partial charge < -0.3 is 10.2 Å². The van der Waals surface area contributed by atoms with Crippen molar-refractivity contribution in [3.63, 3.8) is 0 Å². The molecule has 0 bridgehead atoms. The highest BCUT2D eigenvalue weighted by molar-refractivity contribution is 7.91. The molecular formula is C7H13NO5S. The lowest BCUT2D eigenvalue weighted by Gasteiger charge is -2.10. The first-order chi connectivity index (χ1) is 6.22. The molecule has 0 aliphatic carbocycles. The van der Waals surface area contributed by atoms with Crippen LogP contribution in [0.4, 0.5) is 0 Å². The van der Waals surface area contributed by atoms with Crippen LogP contribution in [0.15, 0.2) is 0 Å². The van der Waals surface area contributed by atoms with Gasteiger partial charge in [0.2, 0.25) is 0 Å². The van der Waals surface area contributed by atoms with Crippen LogP contribution in [0.25, 0.3) is 0 Å². The van der Waals surface area contributed by atoms with E-state index >= 15 is 0 Å². The van der Waals surface area contributed by atoms with Gasteiger partial charge in [-0.25, -0.2) is 0 Å². The number of carboxylic acid groups (broad SMARTS) is 2. The number of carbonyl (C=O) groups is 2. The van der Waals surface area contributed by atoms with Crippen molar-refractivity contribution in [1.29, 1.82) is 4.78 Å². The SMILES string of the molecule is CS(=N)(=O)CC(CCC(=O)O)C(=O)O. The molecule has 0 rings (SSSR count). The normalized spacial score (nSPS) is 16.9. The summed E-state index contributed by atoms with van der Waals surface area (Å²) in [6, 6.07) is 0. The first-order valence-corrected chi connectivity index (χ1v) is 6.02. The van der Waals surface area contributed by atoms with Crippen LogP contribution in [0.5, 0.6) is 0 Å². The lowest BCUT2D eigenvalue weighted by atomic mass is 10.1. The van der Waals surface area contributed by atoms with E-state index in [1.807, 2.05) is 0 Å². The second-order valence-electron chi connectivity index (χ2n) is 3.14. The van der Waals surface area contributed by atoms with Crippen LogP contribution in [0.3, 0.4) is 0 Å². The highest BCUT2D eigenvalue weighted by Crippen LogP contribution is 2.10. The van der Waals surface area contributed by atoms with E-state index in [1.165, 1.54) is 0 Å². The maximum absolute atomic E-state index is 11.0. The Morgan fingerprint density at radius 1 is 1.43 bits per heavy atom. The average Bonchev–Trinajstić information content (AvgIpc) is 1.94. The Morgan fingerprint density at radius 3 is 2.21 bits per heavy atom. The van der Waals surface area contributed by atoms with Crippen LogP contribution in [0.1, 0.15) is 12.8 Å². The van der Waals surface area contributed by atoms with Gasteiger partial charge in [-0.2, -0.15) is 0 Å². The fourth-order valence-electron chi connectivity index (χ4n) is 0.960. The summed E-state index contributed by atoms with van der Waals surface area (Å²) in [5.74, 6) is -3.60. The number of hydrogen-bond acceptors (Lipinski definition) is 4. The van der Waals surface area contributed by atoms with E-state index in [0.29, 0.717) is 0 Å². The Bertz CT molecular complexity index is 321. The van der Waals surface area contributed by atoms with Crippen molar-refractivity contribution >= 4 is 21.7 Å². The number of aliphatic carboxylic acids is 2. The van der Waals surface area contributed by atoms with Gasteiger partial charge in [0.05, 0.1) is 5.92 Å². The molecule has 3 N–H and O–H groups in total. The van der Waals surface area contributed by atoms with Gasteiger partial charge in [0.15, 0.2) is 0 Å². The lowest BCUT2D eigenvalue weighted by Crippen LogP contribution is -2.23. The molecule has 0 heterocycles. The summed E-state index contributed by atoms with van der Waals surface area (Å²) in [7, 11) is -2.89. The maximum atomic E-state index is 11.0. The Kier molecular flexibility index (Phi) is 4.55. The third kappa shape index (κ3) is 6.41. The molecule has 0 saturated heterocycles. The van der Waals surface area contributed by atoms with E-state index in [9.17, 15) is 13.8 Å². The fourth-order valence-corrected chi connectivity index (χ4v) is 2.04. The highest BCUT2D eigenvalue weighted by atomic mass is 32.2. The molecule has 0 aromatic rings. The van der Waals surface area contributed by atoms with Crippen molar-refractivity contribution in [2.75, 3.05) is 12.0 Å². The van der Waals surface area contributed by atoms with Crippen molar-refractivity contribution in [2.45, 2.75) is 12.8 Å². The summed E-state index contributed by atoms with van der Waals surface area (Å²) >= 11 is 0. The molecule has 7 heteroatoms. The van der Waals surface area contributed by atoms with Gasteiger partial charge in [0.1, 0.15) is 0 Å². The van der Waals surface area contributed by atoms with E-state index in [0.717, 1.165) is 6.26 Å². The zero-order valence-electron chi connectivity index (χ0n) is 7.73. The molecule has 0 saturated carbocycles. The average molecular weight is 223 g/mol. The highest BCUT2D eigenvalue weighted by Gasteiger charge is 2.21. The molecule has 2 atom stereocenters. The van der Waals surface area contributed by atoms with Crippen molar-refractivity contribution in [1.82, 2.24) is 0 Å². The second kappa shape index (κ2) is 4.94. The molecule has 0 aromatic heterocycles. The molecule has 0 fully saturated rings. The van der Waals surface area contributed by atoms with Crippen molar-refractivity contribution in [2.24, 2.45) is 5.92 Å². The van der Waals surface area contributed by atoms with Gasteiger partial charge in [-0.1, -0.05) is 0 Å². The van der Waals surface area contributed by atoms with E-state index in [4.69, 9.17) is 15.0 Å². The van der Waals surface area contributed by atoms with E-state index in [1.54, 1.807) is 0 Å². The predicted octanol–water partition coefficient (Wildman–Crippen LogP) is 0.229. The molecule has 0 spiro atoms. The third-order valence-corrected chi connectivity index (χ3v) is 2.61. The standard InChI is InChI=1S/C7H13NO5S/c1-14(8,13)4-5(7(11)12)2-3-6(9)10/h5,8H,2-4H2,1H3,(H,9,10)(H,11,12). The Hall–Kier alpha value is -1.11. The summed E-state index contributed by atoms with van der Waals surface area (Å²) < 4.78 is 18.1. The molecular weight excluding hydrogens is 210 g/mol. The quantitative estimate of drug-likeness (QED) is 0.596. The first kappa shape index (κ1) is 12.9. The topological polar surface area (TPSA) is 116 Å². The Labute approximate surface area is 81.9 Å². The summed E-state index contributed by atoms with van der Waals surface area (Å²) in [4.78, 5) is 20.8. The van der Waals surface area contributed by atoms with Gasteiger partial charge in [-0.05, 0) is 6.42 Å². The van der Waals surface area contributed by atoms with E-state index in [-0.39, 0.29) is 18.6 Å². The summed E-state index contributed by atoms with van der Waals surface area (Å²) in [6.07, 6.45) is 0.768. The third-order valence-electron chi connectivity index (χ3n) is 1.58. The number of rotatable bonds is 6. The molecule has 0 aliphatic heterocycles. The van der Waals surface area contributed by atoms with Crippen LogP contribution in [-0.4, -0.2) is 38.4 Å². The number of nitrogens with one attached hydrogen (secondary N) is 1. The summed E-state index contributed by atoms with van der Waals surface area (Å²) in [5, 5.41) is 17.0. The Balaban J connectivity index is 4.32. The predicted molar refractivity (Wildman–Crippen MR) is 49.6 cm³/mol. The van der Waals surface area contributed by atoms with Gasteiger partial charge >= 0.3 is 11.9 Å². The minimum Gasteiger partial charge on any atom is -0.481 e. The smallest absolute Gasteiger partial charge is 0.307 e. The van der Waals surface area contributed by atoms with Crippen LogP contribution < -0.4 is 0 Å². The number of carboxylic acids is 2. The van der Waals surface area contributed by atoms with Crippen molar-refractivity contribution < 1.29 is 24.0 Å². The number of hydrogen-bond donors (Lipinski definition) is 3. The molecule has 82 valence electrons. The fraction of sp³-hybridized carbons (Fsp3) is 0.714. The van der Waals surface area contributed by atoms with Crippen LogP contribution in [-0.2, 0) is 19.3 Å². The van der Waals surface area contributed by atoms with Gasteiger partial charge in [-0.15, -0.1) is 0 Å². The summed E-state index contributed by atoms with van der Waals surface area (Å²) in [5.41, 5.74) is 0. The Morgan fingerprint density at radius 2 is 1.93 bits per heavy atom. The monoisotopic (exact) mass is 223 g/mol. The molecule has 2 unspecified atom stereocenters. The van der Waals surface area contributed by atoms with Gasteiger partial charge in [0.25, 0.3) is 0 Å². The van der Waals surface area contributed by atoms with Gasteiger partial charge in [-0.3, -0.25) is 18.6 Å². The molecule has 0 radical (unpaired) electrons.